The van der Waals surface area contributed by atoms with E-state index in [1.54, 1.807) is 16.7 Å². The van der Waals surface area contributed by atoms with Gasteiger partial charge in [0.2, 0.25) is 17.7 Å². The molecule has 4 rings (SSSR count). The number of para-hydroxylation sites is 1. The highest BCUT2D eigenvalue weighted by Crippen LogP contribution is 2.27. The van der Waals surface area contributed by atoms with Crippen molar-refractivity contribution in [3.8, 4) is 11.5 Å². The van der Waals surface area contributed by atoms with Crippen molar-refractivity contribution in [2.75, 3.05) is 23.0 Å². The third-order valence-corrected chi connectivity index (χ3v) is 5.26. The van der Waals surface area contributed by atoms with Crippen LogP contribution in [0, 0.1) is 5.92 Å². The molecule has 1 fully saturated rings. The number of nitrogens with one attached hydrogen (secondary N) is 1. The van der Waals surface area contributed by atoms with Crippen molar-refractivity contribution in [1.82, 2.24) is 10.2 Å². The number of carbonyl (C=O) groups is 2. The molecule has 1 aliphatic rings. The Morgan fingerprint density at radius 1 is 1.18 bits per heavy atom. The van der Waals surface area contributed by atoms with Gasteiger partial charge in [0.1, 0.15) is 0 Å². The fourth-order valence-corrected chi connectivity index (χ4v) is 3.55. The average molecular weight is 394 g/mol. The monoisotopic (exact) mass is 394 g/mol. The van der Waals surface area contributed by atoms with E-state index < -0.39 is 5.92 Å². The van der Waals surface area contributed by atoms with E-state index in [0.29, 0.717) is 12.4 Å². The first-order valence-corrected chi connectivity index (χ1v) is 10.0. The standard InChI is InChI=1S/C20H18N4O3S/c1-28-16-9-5-6-13(10-16)19-22-23-20(27-19)21-18(26)14-11-17(25)24(12-14)15-7-3-2-4-8-15/h2-10,14H,11-12H2,1H3,(H,21,23,26). The van der Waals surface area contributed by atoms with Gasteiger partial charge in [0, 0.05) is 29.1 Å². The molecule has 1 saturated heterocycles. The molecule has 1 N–H and O–H groups in total. The second kappa shape index (κ2) is 7.85. The van der Waals surface area contributed by atoms with Crippen molar-refractivity contribution in [2.24, 2.45) is 5.92 Å². The maximum Gasteiger partial charge on any atom is 0.322 e. The van der Waals surface area contributed by atoms with Crippen LogP contribution < -0.4 is 10.2 Å². The predicted molar refractivity (Wildman–Crippen MR) is 107 cm³/mol. The molecular weight excluding hydrogens is 376 g/mol. The van der Waals surface area contributed by atoms with Crippen LogP contribution in [0.3, 0.4) is 0 Å². The minimum absolute atomic E-state index is 0.0279. The maximum atomic E-state index is 12.6. The lowest BCUT2D eigenvalue weighted by molar-refractivity contribution is -0.122. The Kier molecular flexibility index (Phi) is 5.12. The molecule has 1 unspecified atom stereocenters. The molecule has 2 aromatic carbocycles. The fraction of sp³-hybridized carbons (Fsp3) is 0.200. The van der Waals surface area contributed by atoms with Gasteiger partial charge in [-0.15, -0.1) is 16.9 Å². The quantitative estimate of drug-likeness (QED) is 0.667. The van der Waals surface area contributed by atoms with E-state index in [4.69, 9.17) is 4.42 Å². The molecule has 7 nitrogen and oxygen atoms in total. The first kappa shape index (κ1) is 18.2. The number of thioether (sulfide) groups is 1. The summed E-state index contributed by atoms with van der Waals surface area (Å²) in [5.74, 6) is -0.520. The van der Waals surface area contributed by atoms with E-state index >= 15 is 0 Å². The van der Waals surface area contributed by atoms with Gasteiger partial charge in [0.05, 0.1) is 5.92 Å². The zero-order valence-corrected chi connectivity index (χ0v) is 16.0. The summed E-state index contributed by atoms with van der Waals surface area (Å²) in [5, 5.41) is 10.5. The van der Waals surface area contributed by atoms with Gasteiger partial charge in [-0.25, -0.2) is 0 Å². The molecular formula is C20H18N4O3S. The summed E-state index contributed by atoms with van der Waals surface area (Å²) >= 11 is 1.61. The summed E-state index contributed by atoms with van der Waals surface area (Å²) in [6.45, 7) is 0.325. The fourth-order valence-electron chi connectivity index (χ4n) is 3.09. The van der Waals surface area contributed by atoms with E-state index in [2.05, 4.69) is 15.5 Å². The summed E-state index contributed by atoms with van der Waals surface area (Å²) in [6.07, 6.45) is 2.14. The van der Waals surface area contributed by atoms with Crippen molar-refractivity contribution >= 4 is 35.3 Å². The van der Waals surface area contributed by atoms with Crippen LogP contribution in [0.4, 0.5) is 11.7 Å². The van der Waals surface area contributed by atoms with E-state index in [1.807, 2.05) is 60.9 Å². The molecule has 0 saturated carbocycles. The Hall–Kier alpha value is -3.13. The van der Waals surface area contributed by atoms with Crippen molar-refractivity contribution in [3.05, 3.63) is 54.6 Å². The Labute approximate surface area is 166 Å². The molecule has 0 radical (unpaired) electrons. The normalized spacial score (nSPS) is 16.4. The van der Waals surface area contributed by atoms with E-state index in [1.165, 1.54) is 0 Å². The van der Waals surface area contributed by atoms with Crippen molar-refractivity contribution in [3.63, 3.8) is 0 Å². The minimum atomic E-state index is -0.470. The number of hydrogen-bond acceptors (Lipinski definition) is 6. The van der Waals surface area contributed by atoms with Crippen LogP contribution in [-0.4, -0.2) is 34.8 Å². The number of nitrogens with zero attached hydrogens (tertiary/aromatic N) is 3. The van der Waals surface area contributed by atoms with Crippen LogP contribution in [0.15, 0.2) is 63.9 Å². The number of amides is 2. The largest absolute Gasteiger partial charge is 0.403 e. The third kappa shape index (κ3) is 3.77. The molecule has 8 heteroatoms. The molecule has 3 aromatic rings. The summed E-state index contributed by atoms with van der Waals surface area (Å²) in [7, 11) is 0. The van der Waals surface area contributed by atoms with Crippen LogP contribution in [0.25, 0.3) is 11.5 Å². The zero-order valence-electron chi connectivity index (χ0n) is 15.2. The Morgan fingerprint density at radius 2 is 2.00 bits per heavy atom. The number of anilines is 2. The van der Waals surface area contributed by atoms with Crippen LogP contribution in [0.1, 0.15) is 6.42 Å². The summed E-state index contributed by atoms with van der Waals surface area (Å²) in [4.78, 5) is 27.5. The van der Waals surface area contributed by atoms with Gasteiger partial charge in [-0.1, -0.05) is 29.4 Å². The molecule has 28 heavy (non-hydrogen) atoms. The Bertz CT molecular complexity index is 1010. The van der Waals surface area contributed by atoms with E-state index in [9.17, 15) is 9.59 Å². The van der Waals surface area contributed by atoms with Gasteiger partial charge in [-0.2, -0.15) is 0 Å². The average Bonchev–Trinajstić information content (AvgIpc) is 3.35. The van der Waals surface area contributed by atoms with Crippen molar-refractivity contribution in [1.29, 1.82) is 0 Å². The van der Waals surface area contributed by atoms with Crippen molar-refractivity contribution in [2.45, 2.75) is 11.3 Å². The molecule has 2 heterocycles. The topological polar surface area (TPSA) is 88.3 Å². The predicted octanol–water partition coefficient (Wildman–Crippen LogP) is 3.45. The highest BCUT2D eigenvalue weighted by molar-refractivity contribution is 7.98. The Morgan fingerprint density at radius 3 is 2.79 bits per heavy atom. The highest BCUT2D eigenvalue weighted by atomic mass is 32.2. The first-order valence-electron chi connectivity index (χ1n) is 8.78. The Balaban J connectivity index is 1.43. The lowest BCUT2D eigenvalue weighted by Crippen LogP contribution is -2.28. The van der Waals surface area contributed by atoms with Crippen LogP contribution in [-0.2, 0) is 9.59 Å². The van der Waals surface area contributed by atoms with Gasteiger partial charge < -0.3 is 9.32 Å². The molecule has 0 aliphatic carbocycles. The van der Waals surface area contributed by atoms with Crippen molar-refractivity contribution < 1.29 is 14.0 Å². The summed E-state index contributed by atoms with van der Waals surface area (Å²) in [5.41, 5.74) is 1.57. The van der Waals surface area contributed by atoms with Gasteiger partial charge in [-0.3, -0.25) is 14.9 Å². The minimum Gasteiger partial charge on any atom is -0.403 e. The highest BCUT2D eigenvalue weighted by Gasteiger charge is 2.35. The third-order valence-electron chi connectivity index (χ3n) is 4.54. The lowest BCUT2D eigenvalue weighted by Gasteiger charge is -2.16. The van der Waals surface area contributed by atoms with Gasteiger partial charge >= 0.3 is 6.01 Å². The number of carbonyl (C=O) groups excluding carboxylic acids is 2. The summed E-state index contributed by atoms with van der Waals surface area (Å²) in [6, 6.07) is 17.1. The molecule has 1 aliphatic heterocycles. The zero-order chi connectivity index (χ0) is 19.5. The molecule has 1 aromatic heterocycles. The maximum absolute atomic E-state index is 12.6. The molecule has 142 valence electrons. The number of rotatable bonds is 5. The number of benzene rings is 2. The second-order valence-corrected chi connectivity index (χ2v) is 7.25. The molecule has 0 spiro atoms. The smallest absolute Gasteiger partial charge is 0.322 e. The second-order valence-electron chi connectivity index (χ2n) is 6.37. The SMILES string of the molecule is CSc1cccc(-c2nnc(NC(=O)C3CC(=O)N(c4ccccc4)C3)o2)c1. The number of aromatic nitrogens is 2. The molecule has 1 atom stereocenters. The van der Waals surface area contributed by atoms with Gasteiger partial charge in [-0.05, 0) is 36.6 Å². The summed E-state index contributed by atoms with van der Waals surface area (Å²) < 4.78 is 5.58. The van der Waals surface area contributed by atoms with E-state index in [-0.39, 0.29) is 24.2 Å². The molecule has 0 bridgehead atoms. The van der Waals surface area contributed by atoms with E-state index in [0.717, 1.165) is 16.1 Å². The van der Waals surface area contributed by atoms with Crippen LogP contribution in [0.5, 0.6) is 0 Å². The number of hydrogen-bond donors (Lipinski definition) is 1. The van der Waals surface area contributed by atoms with Crippen LogP contribution >= 0.6 is 11.8 Å². The molecule has 2 amide bonds. The van der Waals surface area contributed by atoms with Gasteiger partial charge in [0.15, 0.2) is 0 Å². The van der Waals surface area contributed by atoms with Gasteiger partial charge in [0.25, 0.3) is 0 Å². The lowest BCUT2D eigenvalue weighted by atomic mass is 10.1. The first-order chi connectivity index (χ1) is 13.6. The van der Waals surface area contributed by atoms with Crippen LogP contribution in [0.2, 0.25) is 0 Å².